The van der Waals surface area contributed by atoms with E-state index in [-0.39, 0.29) is 0 Å². The van der Waals surface area contributed by atoms with Crippen molar-refractivity contribution in [3.63, 3.8) is 0 Å². The van der Waals surface area contributed by atoms with Crippen molar-refractivity contribution in [2.75, 3.05) is 20.1 Å². The standard InChI is InChI=1S/C24H24FN5/c1-26-13-20-11-21-22-10-18(12-28-24(22)29-23(21)14-27-20)17-4-2-16(3-5-17)15-30-8-6-19(25)7-9-30/h2-5,10-14,19H,6-9,15H2,1H3,(H,28,29). The molecule has 5 rings (SSSR count). The van der Waals surface area contributed by atoms with Crippen LogP contribution in [-0.4, -0.2) is 52.4 Å². The molecule has 3 aromatic heterocycles. The summed E-state index contributed by atoms with van der Waals surface area (Å²) < 4.78 is 13.3. The Labute approximate surface area is 174 Å². The zero-order valence-corrected chi connectivity index (χ0v) is 17.0. The fraction of sp³-hybridized carbons (Fsp3) is 0.292. The van der Waals surface area contributed by atoms with Crippen molar-refractivity contribution < 1.29 is 4.39 Å². The molecule has 1 N–H and O–H groups in total. The molecule has 0 saturated carbocycles. The second-order valence-corrected chi connectivity index (χ2v) is 7.93. The highest BCUT2D eigenvalue weighted by molar-refractivity contribution is 6.07. The van der Waals surface area contributed by atoms with E-state index in [1.54, 1.807) is 13.3 Å². The SMILES string of the molecule is CN=Cc1cc2c(cn1)[nH]c1ncc(-c3ccc(CN4CCC(F)CC4)cc3)cc12. The first-order valence-electron chi connectivity index (χ1n) is 10.3. The molecule has 0 spiro atoms. The van der Waals surface area contributed by atoms with Gasteiger partial charge in [-0.05, 0) is 36.1 Å². The van der Waals surface area contributed by atoms with E-state index in [1.165, 1.54) is 5.56 Å². The molecule has 1 aliphatic rings. The predicted octanol–water partition coefficient (Wildman–Crippen LogP) is 4.76. The molecule has 1 aromatic carbocycles. The van der Waals surface area contributed by atoms with Crippen molar-refractivity contribution in [1.29, 1.82) is 0 Å². The summed E-state index contributed by atoms with van der Waals surface area (Å²) in [6.45, 7) is 2.55. The van der Waals surface area contributed by atoms with Gasteiger partial charge >= 0.3 is 0 Å². The van der Waals surface area contributed by atoms with Crippen LogP contribution < -0.4 is 0 Å². The van der Waals surface area contributed by atoms with E-state index in [2.05, 4.69) is 55.2 Å². The number of rotatable bonds is 4. The molecule has 0 bridgehead atoms. The lowest BCUT2D eigenvalue weighted by atomic mass is 10.0. The van der Waals surface area contributed by atoms with Crippen LogP contribution in [0.25, 0.3) is 33.1 Å². The van der Waals surface area contributed by atoms with Gasteiger partial charge in [-0.15, -0.1) is 0 Å². The summed E-state index contributed by atoms with van der Waals surface area (Å²) in [7, 11) is 1.74. The molecule has 4 aromatic rings. The minimum atomic E-state index is -0.628. The number of pyridine rings is 2. The molecule has 1 aliphatic heterocycles. The Morgan fingerprint density at radius 1 is 1.07 bits per heavy atom. The third-order valence-corrected chi connectivity index (χ3v) is 5.83. The van der Waals surface area contributed by atoms with Crippen molar-refractivity contribution in [3.8, 4) is 11.1 Å². The summed E-state index contributed by atoms with van der Waals surface area (Å²) in [6, 6.07) is 12.8. The summed E-state index contributed by atoms with van der Waals surface area (Å²) in [5.74, 6) is 0. The maximum absolute atomic E-state index is 13.3. The van der Waals surface area contributed by atoms with Crippen LogP contribution in [0.5, 0.6) is 0 Å². The quantitative estimate of drug-likeness (QED) is 0.502. The van der Waals surface area contributed by atoms with Crippen LogP contribution in [0.2, 0.25) is 0 Å². The average Bonchev–Trinajstić information content (AvgIpc) is 3.13. The number of H-pyrrole nitrogens is 1. The van der Waals surface area contributed by atoms with Crippen LogP contribution >= 0.6 is 0 Å². The minimum absolute atomic E-state index is 0.628. The number of fused-ring (bicyclic) bond motifs is 3. The second-order valence-electron chi connectivity index (χ2n) is 7.93. The zero-order valence-electron chi connectivity index (χ0n) is 17.0. The average molecular weight is 401 g/mol. The van der Waals surface area contributed by atoms with Crippen molar-refractivity contribution >= 4 is 28.2 Å². The maximum Gasteiger partial charge on any atom is 0.138 e. The van der Waals surface area contributed by atoms with Gasteiger partial charge in [-0.3, -0.25) is 14.9 Å². The molecule has 0 unspecified atom stereocenters. The van der Waals surface area contributed by atoms with E-state index < -0.39 is 6.17 Å². The third-order valence-electron chi connectivity index (χ3n) is 5.83. The van der Waals surface area contributed by atoms with Crippen molar-refractivity contribution in [2.45, 2.75) is 25.6 Å². The van der Waals surface area contributed by atoms with Crippen LogP contribution in [0.1, 0.15) is 24.1 Å². The van der Waals surface area contributed by atoms with E-state index >= 15 is 0 Å². The summed E-state index contributed by atoms with van der Waals surface area (Å²) in [5, 5.41) is 2.17. The van der Waals surface area contributed by atoms with Gasteiger partial charge in [0.15, 0.2) is 0 Å². The van der Waals surface area contributed by atoms with Crippen LogP contribution in [0, 0.1) is 0 Å². The van der Waals surface area contributed by atoms with E-state index in [0.717, 1.165) is 58.4 Å². The number of piperidine rings is 1. The minimum Gasteiger partial charge on any atom is -0.338 e. The fourth-order valence-electron chi connectivity index (χ4n) is 4.17. The molecule has 0 atom stereocenters. The van der Waals surface area contributed by atoms with Gasteiger partial charge in [0.25, 0.3) is 0 Å². The molecule has 0 aliphatic carbocycles. The van der Waals surface area contributed by atoms with Gasteiger partial charge in [0.2, 0.25) is 0 Å². The van der Waals surface area contributed by atoms with E-state index in [0.29, 0.717) is 12.8 Å². The molecular weight excluding hydrogens is 377 g/mol. The lowest BCUT2D eigenvalue weighted by Crippen LogP contribution is -2.33. The van der Waals surface area contributed by atoms with Gasteiger partial charge in [-0.1, -0.05) is 24.3 Å². The fourth-order valence-corrected chi connectivity index (χ4v) is 4.17. The molecule has 6 heteroatoms. The molecule has 30 heavy (non-hydrogen) atoms. The molecule has 152 valence electrons. The first kappa shape index (κ1) is 18.9. The van der Waals surface area contributed by atoms with Crippen molar-refractivity contribution in [2.24, 2.45) is 4.99 Å². The Balaban J connectivity index is 1.42. The molecular formula is C24H24FN5. The number of aromatic amines is 1. The van der Waals surface area contributed by atoms with Crippen molar-refractivity contribution in [3.05, 3.63) is 60.0 Å². The van der Waals surface area contributed by atoms with Crippen LogP contribution in [0.3, 0.4) is 0 Å². The number of hydrogen-bond donors (Lipinski definition) is 1. The monoisotopic (exact) mass is 401 g/mol. The van der Waals surface area contributed by atoms with Gasteiger partial charge in [-0.2, -0.15) is 0 Å². The Hall–Kier alpha value is -3.12. The molecule has 4 heterocycles. The lowest BCUT2D eigenvalue weighted by Gasteiger charge is -2.28. The highest BCUT2D eigenvalue weighted by Gasteiger charge is 2.18. The Bertz CT molecular complexity index is 1200. The van der Waals surface area contributed by atoms with E-state index in [1.807, 2.05) is 18.5 Å². The number of benzene rings is 1. The number of alkyl halides is 1. The number of aromatic nitrogens is 3. The summed E-state index contributed by atoms with van der Waals surface area (Å²) in [5.41, 5.74) is 6.12. The molecule has 1 saturated heterocycles. The highest BCUT2D eigenvalue weighted by Crippen LogP contribution is 2.29. The zero-order chi connectivity index (χ0) is 20.5. The topological polar surface area (TPSA) is 57.2 Å². The van der Waals surface area contributed by atoms with Crippen LogP contribution in [0.4, 0.5) is 4.39 Å². The van der Waals surface area contributed by atoms with Gasteiger partial charge in [0, 0.05) is 55.4 Å². The first-order chi connectivity index (χ1) is 14.7. The van der Waals surface area contributed by atoms with E-state index in [9.17, 15) is 4.39 Å². The predicted molar refractivity (Wildman–Crippen MR) is 120 cm³/mol. The number of halogens is 1. The molecule has 0 amide bonds. The van der Waals surface area contributed by atoms with E-state index in [4.69, 9.17) is 0 Å². The molecule has 5 nitrogen and oxygen atoms in total. The molecule has 0 radical (unpaired) electrons. The summed E-state index contributed by atoms with van der Waals surface area (Å²) in [6.07, 6.45) is 6.15. The Kier molecular flexibility index (Phi) is 5.01. The van der Waals surface area contributed by atoms with Gasteiger partial charge in [0.05, 0.1) is 17.4 Å². The number of nitrogens with one attached hydrogen (secondary N) is 1. The number of likely N-dealkylation sites (tertiary alicyclic amines) is 1. The molecule has 1 fully saturated rings. The second kappa shape index (κ2) is 7.95. The first-order valence-corrected chi connectivity index (χ1v) is 10.3. The van der Waals surface area contributed by atoms with Gasteiger partial charge in [0.1, 0.15) is 11.8 Å². The number of nitrogens with zero attached hydrogens (tertiary/aromatic N) is 4. The Morgan fingerprint density at radius 2 is 1.87 bits per heavy atom. The lowest BCUT2D eigenvalue weighted by molar-refractivity contribution is 0.145. The third kappa shape index (κ3) is 3.71. The largest absolute Gasteiger partial charge is 0.338 e. The highest BCUT2D eigenvalue weighted by atomic mass is 19.1. The summed E-state index contributed by atoms with van der Waals surface area (Å²) >= 11 is 0. The number of hydrogen-bond acceptors (Lipinski definition) is 4. The normalized spacial score (nSPS) is 16.2. The summed E-state index contributed by atoms with van der Waals surface area (Å²) in [4.78, 5) is 18.8. The Morgan fingerprint density at radius 3 is 2.63 bits per heavy atom. The number of aliphatic imine (C=N–C) groups is 1. The van der Waals surface area contributed by atoms with Crippen molar-refractivity contribution in [1.82, 2.24) is 19.9 Å². The van der Waals surface area contributed by atoms with Crippen LogP contribution in [-0.2, 0) is 6.54 Å². The van der Waals surface area contributed by atoms with Crippen LogP contribution in [0.15, 0.2) is 53.8 Å². The van der Waals surface area contributed by atoms with Gasteiger partial charge in [-0.25, -0.2) is 9.37 Å². The smallest absolute Gasteiger partial charge is 0.138 e. The van der Waals surface area contributed by atoms with Gasteiger partial charge < -0.3 is 4.98 Å². The maximum atomic E-state index is 13.3.